The lowest BCUT2D eigenvalue weighted by atomic mass is 9.80. The second-order valence-corrected chi connectivity index (χ2v) is 4.54. The van der Waals surface area contributed by atoms with E-state index in [2.05, 4.69) is 37.1 Å². The molecule has 1 unspecified atom stereocenters. The Morgan fingerprint density at radius 2 is 2.29 bits per heavy atom. The maximum Gasteiger partial charge on any atom is 0.0636 e. The first-order chi connectivity index (χ1) is 6.64. The molecule has 2 heterocycles. The molecule has 0 aliphatic carbocycles. The Kier molecular flexibility index (Phi) is 2.31. The van der Waals surface area contributed by atoms with Crippen LogP contribution in [0.1, 0.15) is 32.0 Å². The molecule has 0 radical (unpaired) electrons. The lowest BCUT2D eigenvalue weighted by Gasteiger charge is -2.39. The molecule has 0 bridgehead atoms. The highest BCUT2D eigenvalue weighted by Crippen LogP contribution is 2.32. The molecule has 0 amide bonds. The van der Waals surface area contributed by atoms with Crippen molar-refractivity contribution in [3.05, 3.63) is 29.6 Å². The Balaban J connectivity index is 2.50. The maximum atomic E-state index is 4.53. The van der Waals surface area contributed by atoms with E-state index in [0.717, 1.165) is 13.0 Å². The highest BCUT2D eigenvalue weighted by Gasteiger charge is 2.35. The average Bonchev–Trinajstić information content (AvgIpc) is 2.18. The zero-order valence-electron chi connectivity index (χ0n) is 9.17. The van der Waals surface area contributed by atoms with E-state index in [1.54, 1.807) is 0 Å². The largest absolute Gasteiger partial charge is 0.306 e. The first-order valence-corrected chi connectivity index (χ1v) is 5.34. The molecule has 76 valence electrons. The number of nitrogens with zero attached hydrogens (tertiary/aromatic N) is 1. The van der Waals surface area contributed by atoms with Gasteiger partial charge in [-0.2, -0.15) is 0 Å². The third kappa shape index (κ3) is 1.34. The highest BCUT2D eigenvalue weighted by molar-refractivity contribution is 5.30. The van der Waals surface area contributed by atoms with Crippen LogP contribution in [0.4, 0.5) is 0 Å². The number of rotatable bonds is 1. The van der Waals surface area contributed by atoms with E-state index >= 15 is 0 Å². The second-order valence-electron chi connectivity index (χ2n) is 4.54. The van der Waals surface area contributed by atoms with Crippen molar-refractivity contribution in [2.45, 2.75) is 32.7 Å². The molecule has 1 N–H and O–H groups in total. The van der Waals surface area contributed by atoms with Crippen LogP contribution in [0.5, 0.6) is 0 Å². The minimum atomic E-state index is 0.0504. The number of fused-ring (bicyclic) bond motifs is 1. The second kappa shape index (κ2) is 3.35. The third-order valence-electron chi connectivity index (χ3n) is 3.42. The Morgan fingerprint density at radius 1 is 1.50 bits per heavy atom. The van der Waals surface area contributed by atoms with Gasteiger partial charge in [-0.15, -0.1) is 0 Å². The zero-order valence-corrected chi connectivity index (χ0v) is 9.17. The third-order valence-corrected chi connectivity index (χ3v) is 3.42. The van der Waals surface area contributed by atoms with Crippen LogP contribution in [-0.2, 0) is 12.0 Å². The highest BCUT2D eigenvalue weighted by atomic mass is 15.0. The Bertz CT molecular complexity index is 333. The van der Waals surface area contributed by atoms with E-state index in [0.29, 0.717) is 5.92 Å². The van der Waals surface area contributed by atoms with Crippen LogP contribution in [-0.4, -0.2) is 11.5 Å². The van der Waals surface area contributed by atoms with Crippen molar-refractivity contribution in [1.29, 1.82) is 0 Å². The SMILES string of the molecule is CC(C)C1(C)NCCc2cccnc21. The van der Waals surface area contributed by atoms with Crippen LogP contribution in [0.3, 0.4) is 0 Å². The molecule has 2 nitrogen and oxygen atoms in total. The van der Waals surface area contributed by atoms with E-state index in [4.69, 9.17) is 0 Å². The van der Waals surface area contributed by atoms with Crippen molar-refractivity contribution < 1.29 is 0 Å². The maximum absolute atomic E-state index is 4.53. The van der Waals surface area contributed by atoms with Gasteiger partial charge in [0, 0.05) is 12.7 Å². The minimum absolute atomic E-state index is 0.0504. The van der Waals surface area contributed by atoms with Gasteiger partial charge in [0.05, 0.1) is 11.2 Å². The van der Waals surface area contributed by atoms with Gasteiger partial charge >= 0.3 is 0 Å². The van der Waals surface area contributed by atoms with E-state index in [1.165, 1.54) is 11.3 Å². The molecule has 0 aromatic carbocycles. The fourth-order valence-electron chi connectivity index (χ4n) is 2.13. The Hall–Kier alpha value is -0.890. The number of aromatic nitrogens is 1. The summed E-state index contributed by atoms with van der Waals surface area (Å²) >= 11 is 0. The fraction of sp³-hybridized carbons (Fsp3) is 0.583. The van der Waals surface area contributed by atoms with E-state index in [-0.39, 0.29) is 5.54 Å². The van der Waals surface area contributed by atoms with Gasteiger partial charge in [0.15, 0.2) is 0 Å². The molecule has 0 spiro atoms. The first-order valence-electron chi connectivity index (χ1n) is 5.34. The molecule has 1 aliphatic rings. The van der Waals surface area contributed by atoms with Crippen molar-refractivity contribution in [2.24, 2.45) is 5.92 Å². The molecular formula is C12H18N2. The van der Waals surface area contributed by atoms with Crippen LogP contribution >= 0.6 is 0 Å². The summed E-state index contributed by atoms with van der Waals surface area (Å²) in [5, 5.41) is 3.59. The molecule has 2 rings (SSSR count). The normalized spacial score (nSPS) is 26.3. The predicted molar refractivity (Wildman–Crippen MR) is 58.1 cm³/mol. The number of hydrogen-bond acceptors (Lipinski definition) is 2. The summed E-state index contributed by atoms with van der Waals surface area (Å²) in [5.41, 5.74) is 2.69. The molecule has 1 aliphatic heterocycles. The standard InChI is InChI=1S/C12H18N2/c1-9(2)12(3)11-10(6-8-14-12)5-4-7-13-11/h4-5,7,9,14H,6,8H2,1-3H3. The summed E-state index contributed by atoms with van der Waals surface area (Å²) in [6.45, 7) is 7.81. The molecule has 0 fully saturated rings. The fourth-order valence-corrected chi connectivity index (χ4v) is 2.13. The van der Waals surface area contributed by atoms with Crippen LogP contribution in [0.25, 0.3) is 0 Å². The lowest BCUT2D eigenvalue weighted by Crippen LogP contribution is -2.49. The zero-order chi connectivity index (χ0) is 10.2. The summed E-state index contributed by atoms with van der Waals surface area (Å²) in [5.74, 6) is 0.566. The van der Waals surface area contributed by atoms with Gasteiger partial charge in [-0.25, -0.2) is 0 Å². The van der Waals surface area contributed by atoms with Crippen molar-refractivity contribution in [1.82, 2.24) is 10.3 Å². The van der Waals surface area contributed by atoms with Gasteiger partial charge in [0.1, 0.15) is 0 Å². The monoisotopic (exact) mass is 190 g/mol. The smallest absolute Gasteiger partial charge is 0.0636 e. The molecule has 1 aromatic rings. The first kappa shape index (κ1) is 9.66. The summed E-state index contributed by atoms with van der Waals surface area (Å²) in [6, 6.07) is 4.23. The Morgan fingerprint density at radius 3 is 3.00 bits per heavy atom. The minimum Gasteiger partial charge on any atom is -0.306 e. The van der Waals surface area contributed by atoms with Gasteiger partial charge in [-0.05, 0) is 30.9 Å². The van der Waals surface area contributed by atoms with Crippen molar-refractivity contribution in [2.75, 3.05) is 6.54 Å². The summed E-state index contributed by atoms with van der Waals surface area (Å²) < 4.78 is 0. The average molecular weight is 190 g/mol. The number of hydrogen-bond donors (Lipinski definition) is 1. The van der Waals surface area contributed by atoms with Crippen LogP contribution in [0, 0.1) is 5.92 Å². The Labute approximate surface area is 85.7 Å². The van der Waals surface area contributed by atoms with Gasteiger partial charge < -0.3 is 5.32 Å². The number of pyridine rings is 1. The molecule has 14 heavy (non-hydrogen) atoms. The predicted octanol–water partition coefficient (Wildman–Crippen LogP) is 2.10. The van der Waals surface area contributed by atoms with Crippen LogP contribution in [0.2, 0.25) is 0 Å². The molecule has 2 heteroatoms. The van der Waals surface area contributed by atoms with Gasteiger partial charge in [-0.3, -0.25) is 4.98 Å². The van der Waals surface area contributed by atoms with Crippen molar-refractivity contribution in [3.63, 3.8) is 0 Å². The summed E-state index contributed by atoms with van der Waals surface area (Å²) in [7, 11) is 0. The quantitative estimate of drug-likeness (QED) is 0.733. The number of nitrogens with one attached hydrogen (secondary N) is 1. The van der Waals surface area contributed by atoms with E-state index in [1.807, 2.05) is 12.3 Å². The lowest BCUT2D eigenvalue weighted by molar-refractivity contribution is 0.244. The van der Waals surface area contributed by atoms with Crippen LogP contribution in [0.15, 0.2) is 18.3 Å². The summed E-state index contributed by atoms with van der Waals surface area (Å²) in [4.78, 5) is 4.53. The molecule has 0 saturated heterocycles. The van der Waals surface area contributed by atoms with Crippen molar-refractivity contribution in [3.8, 4) is 0 Å². The molecule has 1 aromatic heterocycles. The van der Waals surface area contributed by atoms with Gasteiger partial charge in [0.25, 0.3) is 0 Å². The van der Waals surface area contributed by atoms with Crippen molar-refractivity contribution >= 4 is 0 Å². The topological polar surface area (TPSA) is 24.9 Å². The van der Waals surface area contributed by atoms with Crippen LogP contribution < -0.4 is 5.32 Å². The van der Waals surface area contributed by atoms with E-state index < -0.39 is 0 Å². The molecule has 0 saturated carbocycles. The van der Waals surface area contributed by atoms with Gasteiger partial charge in [0.2, 0.25) is 0 Å². The van der Waals surface area contributed by atoms with E-state index in [9.17, 15) is 0 Å². The summed E-state index contributed by atoms with van der Waals surface area (Å²) in [6.07, 6.45) is 3.00. The van der Waals surface area contributed by atoms with Gasteiger partial charge in [-0.1, -0.05) is 19.9 Å². The molecule has 1 atom stereocenters. The molecular weight excluding hydrogens is 172 g/mol.